The van der Waals surface area contributed by atoms with Gasteiger partial charge < -0.3 is 14.2 Å². The molecule has 25 heavy (non-hydrogen) atoms. The molecule has 0 saturated carbocycles. The molecule has 138 valence electrons. The summed E-state index contributed by atoms with van der Waals surface area (Å²) in [5, 5.41) is 0. The van der Waals surface area contributed by atoms with Gasteiger partial charge in [0.15, 0.2) is 6.29 Å². The van der Waals surface area contributed by atoms with Crippen LogP contribution in [-0.2, 0) is 28.5 Å². The van der Waals surface area contributed by atoms with E-state index in [1.165, 1.54) is 0 Å². The molecule has 0 aliphatic carbocycles. The van der Waals surface area contributed by atoms with E-state index in [1.54, 1.807) is 13.0 Å². The third-order valence-electron chi connectivity index (χ3n) is 4.78. The molecule has 3 rings (SSSR count). The fraction of sp³-hybridized carbons (Fsp3) is 0.556. The highest BCUT2D eigenvalue weighted by atomic mass is 32.2. The zero-order valence-corrected chi connectivity index (χ0v) is 15.4. The Kier molecular flexibility index (Phi) is 5.05. The smallest absolute Gasteiger partial charge is 0.264 e. The molecule has 1 aromatic rings. The number of hydrogen-bond acceptors (Lipinski definition) is 6. The van der Waals surface area contributed by atoms with Gasteiger partial charge in [-0.1, -0.05) is 43.3 Å². The number of ether oxygens (including phenoxy) is 3. The van der Waals surface area contributed by atoms with Crippen molar-refractivity contribution in [1.29, 1.82) is 0 Å². The molecule has 1 aromatic carbocycles. The second-order valence-electron chi connectivity index (χ2n) is 6.72. The quantitative estimate of drug-likeness (QED) is 0.600. The first-order valence-corrected chi connectivity index (χ1v) is 10.1. The first kappa shape index (κ1) is 18.5. The maximum atomic E-state index is 11.6. The van der Waals surface area contributed by atoms with E-state index in [9.17, 15) is 8.42 Å². The fourth-order valence-corrected chi connectivity index (χ4v) is 4.37. The molecule has 0 amide bonds. The molecular formula is C18H24O6S. The third-order valence-corrected chi connectivity index (χ3v) is 5.35. The van der Waals surface area contributed by atoms with Crippen molar-refractivity contribution in [2.45, 2.75) is 44.1 Å². The first-order chi connectivity index (χ1) is 11.8. The van der Waals surface area contributed by atoms with Crippen molar-refractivity contribution >= 4 is 10.1 Å². The lowest BCUT2D eigenvalue weighted by atomic mass is 9.79. The predicted octanol–water partition coefficient (Wildman–Crippen LogP) is 2.43. The predicted molar refractivity (Wildman–Crippen MR) is 92.4 cm³/mol. The molecule has 2 heterocycles. The van der Waals surface area contributed by atoms with Crippen molar-refractivity contribution < 1.29 is 26.8 Å². The highest BCUT2D eigenvalue weighted by Crippen LogP contribution is 2.44. The highest BCUT2D eigenvalue weighted by Gasteiger charge is 2.55. The second kappa shape index (κ2) is 6.81. The van der Waals surface area contributed by atoms with Crippen molar-refractivity contribution in [2.75, 3.05) is 12.9 Å². The van der Waals surface area contributed by atoms with Gasteiger partial charge in [-0.15, -0.1) is 6.58 Å². The zero-order valence-electron chi connectivity index (χ0n) is 14.6. The van der Waals surface area contributed by atoms with Crippen molar-refractivity contribution in [2.24, 2.45) is 5.92 Å². The Morgan fingerprint density at radius 1 is 1.28 bits per heavy atom. The van der Waals surface area contributed by atoms with Crippen molar-refractivity contribution in [3.63, 3.8) is 0 Å². The van der Waals surface area contributed by atoms with Gasteiger partial charge in [0.1, 0.15) is 17.8 Å². The Labute approximate surface area is 148 Å². The van der Waals surface area contributed by atoms with Crippen LogP contribution in [0.15, 0.2) is 43.0 Å². The summed E-state index contributed by atoms with van der Waals surface area (Å²) in [6, 6.07) is 9.59. The second-order valence-corrected chi connectivity index (χ2v) is 8.32. The van der Waals surface area contributed by atoms with Gasteiger partial charge in [0.25, 0.3) is 10.1 Å². The zero-order chi connectivity index (χ0) is 18.2. The fourth-order valence-electron chi connectivity index (χ4n) is 3.63. The molecule has 6 nitrogen and oxygen atoms in total. The Bertz CT molecular complexity index is 718. The van der Waals surface area contributed by atoms with Crippen LogP contribution in [0.5, 0.6) is 0 Å². The molecule has 2 aliphatic rings. The molecule has 7 heteroatoms. The van der Waals surface area contributed by atoms with Gasteiger partial charge in [-0.25, -0.2) is 0 Å². The lowest BCUT2D eigenvalue weighted by Gasteiger charge is -2.53. The molecule has 0 spiro atoms. The SMILES string of the molecule is C=CC12COC(c3ccccc3)OC1C(C)C(OS(C)(=O)=O)C(C)O2. The summed E-state index contributed by atoms with van der Waals surface area (Å²) >= 11 is 0. The van der Waals surface area contributed by atoms with Gasteiger partial charge in [0.2, 0.25) is 0 Å². The number of benzene rings is 1. The first-order valence-electron chi connectivity index (χ1n) is 8.27. The van der Waals surface area contributed by atoms with Crippen LogP contribution in [0.25, 0.3) is 0 Å². The average molecular weight is 368 g/mol. The molecule has 0 aromatic heterocycles. The van der Waals surface area contributed by atoms with E-state index >= 15 is 0 Å². The van der Waals surface area contributed by atoms with Crippen molar-refractivity contribution in [1.82, 2.24) is 0 Å². The van der Waals surface area contributed by atoms with Gasteiger partial charge in [-0.3, -0.25) is 4.18 Å². The molecular weight excluding hydrogens is 344 g/mol. The summed E-state index contributed by atoms with van der Waals surface area (Å²) in [6.07, 6.45) is 0.661. The van der Waals surface area contributed by atoms with E-state index in [0.717, 1.165) is 11.8 Å². The van der Waals surface area contributed by atoms with E-state index < -0.39 is 40.3 Å². The number of fused-ring (bicyclic) bond motifs is 1. The van der Waals surface area contributed by atoms with Gasteiger partial charge in [0, 0.05) is 11.5 Å². The van der Waals surface area contributed by atoms with Crippen LogP contribution < -0.4 is 0 Å². The molecule has 0 radical (unpaired) electrons. The number of rotatable bonds is 4. The molecule has 2 aliphatic heterocycles. The monoisotopic (exact) mass is 368 g/mol. The minimum Gasteiger partial charge on any atom is -0.360 e. The van der Waals surface area contributed by atoms with Crippen LogP contribution in [0.2, 0.25) is 0 Å². The minimum atomic E-state index is -3.61. The summed E-state index contributed by atoms with van der Waals surface area (Å²) in [7, 11) is -3.61. The molecule has 0 bridgehead atoms. The Morgan fingerprint density at radius 3 is 2.56 bits per heavy atom. The van der Waals surface area contributed by atoms with Crippen LogP contribution >= 0.6 is 0 Å². The summed E-state index contributed by atoms with van der Waals surface area (Å²) in [5.41, 5.74) is 0.0631. The standard InChI is InChI=1S/C18H24O6S/c1-5-18-11-21-17(14-9-7-6-8-10-14)22-16(18)12(2)15(13(3)23-18)24-25(4,19)20/h5-10,12-13,15-17H,1,11H2,2-4H3. The maximum Gasteiger partial charge on any atom is 0.264 e. The molecule has 6 unspecified atom stereocenters. The van der Waals surface area contributed by atoms with Crippen molar-refractivity contribution in [3.05, 3.63) is 48.6 Å². The van der Waals surface area contributed by atoms with E-state index in [1.807, 2.05) is 37.3 Å². The van der Waals surface area contributed by atoms with E-state index in [-0.39, 0.29) is 12.5 Å². The van der Waals surface area contributed by atoms with E-state index in [0.29, 0.717) is 0 Å². The van der Waals surface area contributed by atoms with Crippen LogP contribution in [0, 0.1) is 5.92 Å². The van der Waals surface area contributed by atoms with Crippen LogP contribution in [0.3, 0.4) is 0 Å². The summed E-state index contributed by atoms with van der Waals surface area (Å²) in [4.78, 5) is 0. The average Bonchev–Trinajstić information content (AvgIpc) is 2.58. The van der Waals surface area contributed by atoms with Gasteiger partial charge in [-0.05, 0) is 6.92 Å². The highest BCUT2D eigenvalue weighted by molar-refractivity contribution is 7.86. The summed E-state index contributed by atoms with van der Waals surface area (Å²) in [6.45, 7) is 7.86. The van der Waals surface area contributed by atoms with Crippen molar-refractivity contribution in [3.8, 4) is 0 Å². The van der Waals surface area contributed by atoms with Crippen LogP contribution in [0.4, 0.5) is 0 Å². The minimum absolute atomic E-state index is 0.230. The lowest BCUT2D eigenvalue weighted by molar-refractivity contribution is -0.338. The maximum absolute atomic E-state index is 11.6. The largest absolute Gasteiger partial charge is 0.360 e. The van der Waals surface area contributed by atoms with Gasteiger partial charge in [0.05, 0.1) is 19.0 Å². The van der Waals surface area contributed by atoms with Gasteiger partial charge in [-0.2, -0.15) is 8.42 Å². The summed E-state index contributed by atoms with van der Waals surface area (Å²) in [5.74, 6) is -0.230. The van der Waals surface area contributed by atoms with Crippen LogP contribution in [-0.4, -0.2) is 45.2 Å². The third kappa shape index (κ3) is 3.66. The Hall–Kier alpha value is -1.25. The van der Waals surface area contributed by atoms with Gasteiger partial charge >= 0.3 is 0 Å². The molecule has 2 fully saturated rings. The summed E-state index contributed by atoms with van der Waals surface area (Å²) < 4.78 is 46.7. The van der Waals surface area contributed by atoms with E-state index in [2.05, 4.69) is 6.58 Å². The number of hydrogen-bond donors (Lipinski definition) is 0. The Morgan fingerprint density at radius 2 is 1.96 bits per heavy atom. The normalized spacial score (nSPS) is 38.8. The molecule has 0 N–H and O–H groups in total. The topological polar surface area (TPSA) is 71.1 Å². The Balaban J connectivity index is 1.88. The lowest BCUT2D eigenvalue weighted by Crippen LogP contribution is -2.65. The molecule has 6 atom stereocenters. The van der Waals surface area contributed by atoms with Crippen LogP contribution in [0.1, 0.15) is 25.7 Å². The molecule has 2 saturated heterocycles. The van der Waals surface area contributed by atoms with E-state index in [4.69, 9.17) is 18.4 Å².